The highest BCUT2D eigenvalue weighted by atomic mass is 16.5. The standard InChI is InChI=1S/C14H15N5O3/c1-9(20)16-10-3-5-11(6-4-10)17-13(21)18-12-7-8-15-14(19-12)22-2/h3-8H,1-2H3,(H,16,20)(H2,15,17,18,19,21). The summed E-state index contributed by atoms with van der Waals surface area (Å²) in [6.45, 7) is 1.43. The van der Waals surface area contributed by atoms with Crippen molar-refractivity contribution in [3.63, 3.8) is 0 Å². The highest BCUT2D eigenvalue weighted by molar-refractivity contribution is 5.99. The Kier molecular flexibility index (Phi) is 4.86. The zero-order valence-electron chi connectivity index (χ0n) is 12.1. The molecule has 22 heavy (non-hydrogen) atoms. The molecule has 3 amide bonds. The number of benzene rings is 1. The Hall–Kier alpha value is -3.16. The van der Waals surface area contributed by atoms with E-state index in [9.17, 15) is 9.59 Å². The summed E-state index contributed by atoms with van der Waals surface area (Å²) in [7, 11) is 1.44. The van der Waals surface area contributed by atoms with Gasteiger partial charge in [0.1, 0.15) is 5.82 Å². The van der Waals surface area contributed by atoms with Crippen molar-refractivity contribution in [2.45, 2.75) is 6.92 Å². The first-order valence-electron chi connectivity index (χ1n) is 6.39. The van der Waals surface area contributed by atoms with Gasteiger partial charge in [0.2, 0.25) is 5.91 Å². The number of carbonyl (C=O) groups excluding carboxylic acids is 2. The third-order valence-electron chi connectivity index (χ3n) is 2.52. The van der Waals surface area contributed by atoms with Crippen molar-refractivity contribution < 1.29 is 14.3 Å². The molecule has 0 unspecified atom stereocenters. The minimum atomic E-state index is -0.451. The Morgan fingerprint density at radius 1 is 1.00 bits per heavy atom. The van der Waals surface area contributed by atoms with Crippen LogP contribution in [-0.2, 0) is 4.79 Å². The lowest BCUT2D eigenvalue weighted by atomic mass is 10.3. The van der Waals surface area contributed by atoms with Crippen molar-refractivity contribution in [1.82, 2.24) is 9.97 Å². The molecule has 0 spiro atoms. The fraction of sp³-hybridized carbons (Fsp3) is 0.143. The van der Waals surface area contributed by atoms with Gasteiger partial charge < -0.3 is 15.4 Å². The fourth-order valence-corrected chi connectivity index (χ4v) is 1.63. The number of methoxy groups -OCH3 is 1. The smallest absolute Gasteiger partial charge is 0.324 e. The van der Waals surface area contributed by atoms with Gasteiger partial charge >= 0.3 is 12.0 Å². The van der Waals surface area contributed by atoms with Crippen LogP contribution in [0.5, 0.6) is 6.01 Å². The molecule has 1 aromatic carbocycles. The molecular weight excluding hydrogens is 286 g/mol. The predicted molar refractivity (Wildman–Crippen MR) is 82.0 cm³/mol. The molecule has 0 bridgehead atoms. The number of ether oxygens (including phenoxy) is 1. The van der Waals surface area contributed by atoms with E-state index in [1.54, 1.807) is 30.3 Å². The summed E-state index contributed by atoms with van der Waals surface area (Å²) < 4.78 is 4.87. The molecule has 0 atom stereocenters. The number of aromatic nitrogens is 2. The molecule has 0 fully saturated rings. The second-order valence-electron chi connectivity index (χ2n) is 4.27. The number of nitrogens with one attached hydrogen (secondary N) is 3. The topological polar surface area (TPSA) is 105 Å². The van der Waals surface area contributed by atoms with Gasteiger partial charge in [0.05, 0.1) is 7.11 Å². The van der Waals surface area contributed by atoms with Crippen LogP contribution in [0.4, 0.5) is 22.0 Å². The molecule has 2 aromatic rings. The highest BCUT2D eigenvalue weighted by Crippen LogP contribution is 2.14. The second kappa shape index (κ2) is 7.02. The third kappa shape index (κ3) is 4.44. The van der Waals surface area contributed by atoms with E-state index in [4.69, 9.17) is 4.74 Å². The Morgan fingerprint density at radius 2 is 1.64 bits per heavy atom. The molecule has 0 saturated carbocycles. The summed E-state index contributed by atoms with van der Waals surface area (Å²) in [6.07, 6.45) is 1.48. The van der Waals surface area contributed by atoms with E-state index in [2.05, 4.69) is 25.9 Å². The molecule has 114 valence electrons. The summed E-state index contributed by atoms with van der Waals surface area (Å²) in [5.41, 5.74) is 1.23. The van der Waals surface area contributed by atoms with Crippen LogP contribution in [-0.4, -0.2) is 29.0 Å². The number of urea groups is 1. The van der Waals surface area contributed by atoms with Crippen molar-refractivity contribution in [2.75, 3.05) is 23.1 Å². The lowest BCUT2D eigenvalue weighted by Gasteiger charge is -2.08. The number of anilines is 3. The van der Waals surface area contributed by atoms with Crippen molar-refractivity contribution >= 4 is 29.1 Å². The van der Waals surface area contributed by atoms with Crippen LogP contribution in [0.15, 0.2) is 36.5 Å². The molecule has 0 aliphatic carbocycles. The van der Waals surface area contributed by atoms with E-state index >= 15 is 0 Å². The van der Waals surface area contributed by atoms with Crippen LogP contribution >= 0.6 is 0 Å². The highest BCUT2D eigenvalue weighted by Gasteiger charge is 2.05. The van der Waals surface area contributed by atoms with Crippen molar-refractivity contribution in [3.8, 4) is 6.01 Å². The average Bonchev–Trinajstić information content (AvgIpc) is 2.49. The summed E-state index contributed by atoms with van der Waals surface area (Å²) in [5, 5.41) is 7.85. The molecule has 3 N–H and O–H groups in total. The monoisotopic (exact) mass is 301 g/mol. The first kappa shape index (κ1) is 15.2. The van der Waals surface area contributed by atoms with Gasteiger partial charge in [-0.25, -0.2) is 9.78 Å². The SMILES string of the molecule is COc1nccc(NC(=O)Nc2ccc(NC(C)=O)cc2)n1. The molecule has 0 radical (unpaired) electrons. The van der Waals surface area contributed by atoms with Gasteiger partial charge in [-0.2, -0.15) is 4.98 Å². The lowest BCUT2D eigenvalue weighted by Crippen LogP contribution is -2.20. The first-order chi connectivity index (χ1) is 10.6. The van der Waals surface area contributed by atoms with Gasteiger partial charge in [-0.05, 0) is 30.3 Å². The maximum atomic E-state index is 11.9. The zero-order chi connectivity index (χ0) is 15.9. The lowest BCUT2D eigenvalue weighted by molar-refractivity contribution is -0.114. The van der Waals surface area contributed by atoms with E-state index in [0.29, 0.717) is 17.2 Å². The van der Waals surface area contributed by atoms with E-state index < -0.39 is 6.03 Å². The number of amides is 3. The normalized spacial score (nSPS) is 9.73. The third-order valence-corrected chi connectivity index (χ3v) is 2.52. The number of carbonyl (C=O) groups is 2. The van der Waals surface area contributed by atoms with E-state index in [0.717, 1.165) is 0 Å². The number of rotatable bonds is 4. The molecule has 1 heterocycles. The van der Waals surface area contributed by atoms with E-state index in [-0.39, 0.29) is 11.9 Å². The summed E-state index contributed by atoms with van der Waals surface area (Å²) in [4.78, 5) is 30.6. The summed E-state index contributed by atoms with van der Waals surface area (Å²) >= 11 is 0. The van der Waals surface area contributed by atoms with Crippen molar-refractivity contribution in [3.05, 3.63) is 36.5 Å². The van der Waals surface area contributed by atoms with Gasteiger partial charge in [-0.3, -0.25) is 10.1 Å². The zero-order valence-corrected chi connectivity index (χ0v) is 12.1. The largest absolute Gasteiger partial charge is 0.467 e. The van der Waals surface area contributed by atoms with Crippen LogP contribution in [0, 0.1) is 0 Å². The number of hydrogen-bond donors (Lipinski definition) is 3. The van der Waals surface area contributed by atoms with Gasteiger partial charge in [-0.1, -0.05) is 0 Å². The minimum absolute atomic E-state index is 0.156. The quantitative estimate of drug-likeness (QED) is 0.802. The predicted octanol–water partition coefficient (Wildman–Crippen LogP) is 2.09. The van der Waals surface area contributed by atoms with Crippen LogP contribution in [0.2, 0.25) is 0 Å². The summed E-state index contributed by atoms with van der Waals surface area (Å²) in [5.74, 6) is 0.162. The first-order valence-corrected chi connectivity index (χ1v) is 6.39. The second-order valence-corrected chi connectivity index (χ2v) is 4.27. The van der Waals surface area contributed by atoms with E-state index in [1.807, 2.05) is 0 Å². The van der Waals surface area contributed by atoms with Crippen LogP contribution in [0.25, 0.3) is 0 Å². The molecule has 0 aliphatic rings. The average molecular weight is 301 g/mol. The molecule has 1 aromatic heterocycles. The van der Waals surface area contributed by atoms with Crippen molar-refractivity contribution in [1.29, 1.82) is 0 Å². The Labute approximate surface area is 126 Å². The van der Waals surface area contributed by atoms with Crippen LogP contribution in [0.1, 0.15) is 6.92 Å². The molecule has 8 nitrogen and oxygen atoms in total. The maximum absolute atomic E-state index is 11.9. The summed E-state index contributed by atoms with van der Waals surface area (Å²) in [6, 6.07) is 7.97. The molecular formula is C14H15N5O3. The van der Waals surface area contributed by atoms with Crippen LogP contribution in [0.3, 0.4) is 0 Å². The number of hydrogen-bond acceptors (Lipinski definition) is 5. The molecule has 2 rings (SSSR count). The Morgan fingerprint density at radius 3 is 2.23 bits per heavy atom. The maximum Gasteiger partial charge on any atom is 0.324 e. The van der Waals surface area contributed by atoms with Gasteiger partial charge in [-0.15, -0.1) is 0 Å². The Bertz CT molecular complexity index is 672. The van der Waals surface area contributed by atoms with Gasteiger partial charge in [0.25, 0.3) is 0 Å². The molecule has 0 saturated heterocycles. The minimum Gasteiger partial charge on any atom is -0.467 e. The van der Waals surface area contributed by atoms with Crippen LogP contribution < -0.4 is 20.7 Å². The van der Waals surface area contributed by atoms with Gasteiger partial charge in [0, 0.05) is 24.5 Å². The number of nitrogens with zero attached hydrogens (tertiary/aromatic N) is 2. The molecule has 0 aliphatic heterocycles. The van der Waals surface area contributed by atoms with Crippen molar-refractivity contribution in [2.24, 2.45) is 0 Å². The van der Waals surface area contributed by atoms with E-state index in [1.165, 1.54) is 20.2 Å². The Balaban J connectivity index is 1.95. The van der Waals surface area contributed by atoms with Gasteiger partial charge in [0.15, 0.2) is 0 Å². The fourth-order valence-electron chi connectivity index (χ4n) is 1.63. The molecule has 8 heteroatoms.